The molecular weight excluding hydrogens is 384 g/mol. The number of nitrogens with one attached hydrogen (secondary N) is 1. The Hall–Kier alpha value is -3.19. The van der Waals surface area contributed by atoms with E-state index in [1.165, 1.54) is 11.3 Å². The van der Waals surface area contributed by atoms with Gasteiger partial charge in [-0.1, -0.05) is 36.4 Å². The number of hydrogen-bond donors (Lipinski definition) is 1. The lowest BCUT2D eigenvalue weighted by atomic mass is 10.1. The first kappa shape index (κ1) is 19.1. The summed E-state index contributed by atoms with van der Waals surface area (Å²) in [6.07, 6.45) is 0.205. The maximum atomic E-state index is 12.7. The molecule has 2 heterocycles. The predicted molar refractivity (Wildman–Crippen MR) is 117 cm³/mol. The highest BCUT2D eigenvalue weighted by atomic mass is 32.1. The number of para-hydroxylation sites is 2. The van der Waals surface area contributed by atoms with Crippen molar-refractivity contribution in [2.75, 3.05) is 5.32 Å². The molecule has 0 fully saturated rings. The number of anilines is 1. The lowest BCUT2D eigenvalue weighted by molar-refractivity contribution is -0.116. The average Bonchev–Trinajstić information content (AvgIpc) is 3.28. The van der Waals surface area contributed by atoms with E-state index in [1.807, 2.05) is 67.8 Å². The Morgan fingerprint density at radius 3 is 2.48 bits per heavy atom. The molecule has 2 aromatic heterocycles. The van der Waals surface area contributed by atoms with Crippen molar-refractivity contribution in [3.8, 4) is 11.3 Å². The Morgan fingerprint density at radius 2 is 1.76 bits per heavy atom. The van der Waals surface area contributed by atoms with E-state index in [2.05, 4.69) is 10.3 Å². The Morgan fingerprint density at radius 1 is 1.07 bits per heavy atom. The summed E-state index contributed by atoms with van der Waals surface area (Å²) in [5.41, 5.74) is 4.71. The third kappa shape index (κ3) is 3.73. The lowest BCUT2D eigenvalue weighted by Crippen LogP contribution is -2.25. The highest BCUT2D eigenvalue weighted by molar-refractivity contribution is 7.14. The van der Waals surface area contributed by atoms with E-state index in [1.54, 1.807) is 9.13 Å². The number of benzene rings is 2. The number of rotatable bonds is 6. The van der Waals surface area contributed by atoms with Gasteiger partial charge in [0, 0.05) is 30.5 Å². The minimum absolute atomic E-state index is 0.0856. The second kappa shape index (κ2) is 8.05. The van der Waals surface area contributed by atoms with Crippen molar-refractivity contribution in [3.63, 3.8) is 0 Å². The first-order chi connectivity index (χ1) is 14.1. The molecular formula is C22H22N4O2S. The SMILES string of the molecule is CCn1c(=O)n(CCC(=O)Nc2nc(-c3ccccc3C)cs2)c2ccccc21. The molecule has 0 aliphatic heterocycles. The van der Waals surface area contributed by atoms with Gasteiger partial charge in [-0.15, -0.1) is 11.3 Å². The number of aryl methyl sites for hydroxylation is 3. The number of aromatic nitrogens is 3. The van der Waals surface area contributed by atoms with Gasteiger partial charge in [0.1, 0.15) is 0 Å². The third-order valence-corrected chi connectivity index (χ3v) is 5.73. The van der Waals surface area contributed by atoms with Crippen LogP contribution in [0.3, 0.4) is 0 Å². The molecule has 0 bridgehead atoms. The van der Waals surface area contributed by atoms with Crippen molar-refractivity contribution < 1.29 is 4.79 Å². The summed E-state index contributed by atoms with van der Waals surface area (Å²) in [5, 5.41) is 5.36. The van der Waals surface area contributed by atoms with Gasteiger partial charge in [-0.25, -0.2) is 9.78 Å². The van der Waals surface area contributed by atoms with E-state index in [9.17, 15) is 9.59 Å². The summed E-state index contributed by atoms with van der Waals surface area (Å²) in [7, 11) is 0. The molecule has 4 aromatic rings. The van der Waals surface area contributed by atoms with Gasteiger partial charge >= 0.3 is 5.69 Å². The molecule has 0 spiro atoms. The van der Waals surface area contributed by atoms with Crippen molar-refractivity contribution in [1.82, 2.24) is 14.1 Å². The van der Waals surface area contributed by atoms with Gasteiger partial charge < -0.3 is 5.32 Å². The fourth-order valence-corrected chi connectivity index (χ4v) is 4.23. The van der Waals surface area contributed by atoms with Gasteiger partial charge in [0.05, 0.1) is 16.7 Å². The molecule has 1 N–H and O–H groups in total. The van der Waals surface area contributed by atoms with E-state index in [0.717, 1.165) is 27.9 Å². The van der Waals surface area contributed by atoms with Gasteiger partial charge in [0.2, 0.25) is 5.91 Å². The minimum atomic E-state index is -0.157. The normalized spacial score (nSPS) is 11.1. The van der Waals surface area contributed by atoms with Crippen molar-refractivity contribution in [2.45, 2.75) is 33.4 Å². The number of carbonyl (C=O) groups is 1. The molecule has 29 heavy (non-hydrogen) atoms. The Labute approximate surface area is 172 Å². The van der Waals surface area contributed by atoms with Crippen molar-refractivity contribution in [2.24, 2.45) is 0 Å². The molecule has 6 nitrogen and oxygen atoms in total. The third-order valence-electron chi connectivity index (χ3n) is 4.98. The van der Waals surface area contributed by atoms with E-state index >= 15 is 0 Å². The Balaban J connectivity index is 1.47. The Bertz CT molecular complexity index is 1240. The molecule has 4 rings (SSSR count). The number of amides is 1. The summed E-state index contributed by atoms with van der Waals surface area (Å²) in [5.74, 6) is -0.157. The fourth-order valence-electron chi connectivity index (χ4n) is 3.50. The van der Waals surface area contributed by atoms with Crippen LogP contribution in [0.15, 0.2) is 58.7 Å². The van der Waals surface area contributed by atoms with Crippen LogP contribution in [-0.4, -0.2) is 20.0 Å². The standard InChI is InChI=1S/C22H22N4O2S/c1-3-25-18-10-6-7-11-19(18)26(22(25)28)13-12-20(27)24-21-23-17(14-29-21)16-9-5-4-8-15(16)2/h4-11,14H,3,12-13H2,1-2H3,(H,23,24,27). The molecule has 0 unspecified atom stereocenters. The van der Waals surface area contributed by atoms with Gasteiger partial charge in [0.25, 0.3) is 0 Å². The first-order valence-corrected chi connectivity index (χ1v) is 10.5. The van der Waals surface area contributed by atoms with Crippen LogP contribution < -0.4 is 11.0 Å². The summed E-state index contributed by atoms with van der Waals surface area (Å²) >= 11 is 1.40. The van der Waals surface area contributed by atoms with Crippen LogP contribution in [-0.2, 0) is 17.9 Å². The number of carbonyl (C=O) groups excluding carboxylic acids is 1. The molecule has 0 aliphatic carbocycles. The Kier molecular flexibility index (Phi) is 5.31. The smallest absolute Gasteiger partial charge is 0.302 e. The zero-order valence-electron chi connectivity index (χ0n) is 16.4. The van der Waals surface area contributed by atoms with Crippen LogP contribution in [0.25, 0.3) is 22.3 Å². The van der Waals surface area contributed by atoms with Gasteiger partial charge in [-0.2, -0.15) is 0 Å². The quantitative estimate of drug-likeness (QED) is 0.519. The van der Waals surface area contributed by atoms with Crippen LogP contribution in [0.1, 0.15) is 18.9 Å². The molecule has 148 valence electrons. The van der Waals surface area contributed by atoms with Crippen LogP contribution in [0.2, 0.25) is 0 Å². The van der Waals surface area contributed by atoms with E-state index in [4.69, 9.17) is 0 Å². The molecule has 0 saturated carbocycles. The van der Waals surface area contributed by atoms with Crippen LogP contribution in [0, 0.1) is 6.92 Å². The monoisotopic (exact) mass is 406 g/mol. The number of thiazole rings is 1. The van der Waals surface area contributed by atoms with E-state index in [-0.39, 0.29) is 18.0 Å². The fraction of sp³-hybridized carbons (Fsp3) is 0.227. The molecule has 2 aromatic carbocycles. The number of fused-ring (bicyclic) bond motifs is 1. The molecule has 1 amide bonds. The maximum Gasteiger partial charge on any atom is 0.329 e. The second-order valence-corrected chi connectivity index (χ2v) is 7.68. The van der Waals surface area contributed by atoms with E-state index < -0.39 is 0 Å². The van der Waals surface area contributed by atoms with Gasteiger partial charge in [-0.3, -0.25) is 13.9 Å². The molecule has 0 saturated heterocycles. The molecule has 0 radical (unpaired) electrons. The van der Waals surface area contributed by atoms with Crippen molar-refractivity contribution in [1.29, 1.82) is 0 Å². The maximum absolute atomic E-state index is 12.7. The summed E-state index contributed by atoms with van der Waals surface area (Å²) < 4.78 is 3.39. The van der Waals surface area contributed by atoms with Crippen LogP contribution >= 0.6 is 11.3 Å². The van der Waals surface area contributed by atoms with E-state index in [0.29, 0.717) is 18.2 Å². The average molecular weight is 407 g/mol. The van der Waals surface area contributed by atoms with Crippen molar-refractivity contribution >= 4 is 33.4 Å². The summed E-state index contributed by atoms with van der Waals surface area (Å²) in [6.45, 7) is 4.91. The first-order valence-electron chi connectivity index (χ1n) is 9.58. The topological polar surface area (TPSA) is 68.9 Å². The lowest BCUT2D eigenvalue weighted by Gasteiger charge is -2.04. The zero-order chi connectivity index (χ0) is 20.4. The number of nitrogens with zero attached hydrogens (tertiary/aromatic N) is 3. The second-order valence-electron chi connectivity index (χ2n) is 6.82. The predicted octanol–water partition coefficient (Wildman–Crippen LogP) is 4.28. The summed E-state index contributed by atoms with van der Waals surface area (Å²) in [4.78, 5) is 29.7. The highest BCUT2D eigenvalue weighted by Gasteiger charge is 2.14. The largest absolute Gasteiger partial charge is 0.329 e. The van der Waals surface area contributed by atoms with Crippen LogP contribution in [0.4, 0.5) is 5.13 Å². The molecule has 0 atom stereocenters. The minimum Gasteiger partial charge on any atom is -0.302 e. The van der Waals surface area contributed by atoms with Crippen LogP contribution in [0.5, 0.6) is 0 Å². The number of imidazole rings is 1. The number of hydrogen-bond acceptors (Lipinski definition) is 4. The van der Waals surface area contributed by atoms with Gasteiger partial charge in [-0.05, 0) is 31.5 Å². The molecule has 0 aliphatic rings. The van der Waals surface area contributed by atoms with Gasteiger partial charge in [0.15, 0.2) is 5.13 Å². The van der Waals surface area contributed by atoms with Crippen molar-refractivity contribution in [3.05, 3.63) is 70.0 Å². The summed E-state index contributed by atoms with van der Waals surface area (Å²) in [6, 6.07) is 15.7. The highest BCUT2D eigenvalue weighted by Crippen LogP contribution is 2.27. The zero-order valence-corrected chi connectivity index (χ0v) is 17.2. The molecule has 7 heteroatoms.